The van der Waals surface area contributed by atoms with Gasteiger partial charge in [-0.2, -0.15) is 10.2 Å². The lowest BCUT2D eigenvalue weighted by Gasteiger charge is -2.26. The van der Waals surface area contributed by atoms with Crippen LogP contribution in [0.15, 0.2) is 36.4 Å². The van der Waals surface area contributed by atoms with E-state index >= 15 is 0 Å². The molecule has 1 fully saturated rings. The number of nitrogens with two attached hydrogens (primary N) is 1. The average Bonchev–Trinajstić information content (AvgIpc) is 4.02. The lowest BCUT2D eigenvalue weighted by molar-refractivity contribution is 0.0358. The molecule has 4 aromatic heterocycles. The van der Waals surface area contributed by atoms with Crippen LogP contribution in [0.4, 0.5) is 11.9 Å². The quantitative estimate of drug-likeness (QED) is 0.0762. The van der Waals surface area contributed by atoms with Gasteiger partial charge >= 0.3 is 0 Å². The topological polar surface area (TPSA) is 221 Å². The number of aryl methyl sites for hydroxylation is 6. The SMILES string of the molecule is CCn1nc(C)cc1C(=O)Nc1nc2cc(C(N)=O)cc(OC)c2n1CCCCn1c(NC(=O)c2cc(C)nn2CC)nc2cc(C=O)cc(OCCCN3CCOCC3)c21. The average molecular weight is 837 g/mol. The molecule has 0 spiro atoms. The molecule has 0 bridgehead atoms. The van der Waals surface area contributed by atoms with Crippen LogP contribution >= 0.6 is 0 Å². The van der Waals surface area contributed by atoms with E-state index in [2.05, 4.69) is 25.7 Å². The Morgan fingerprint density at radius 3 is 1.85 bits per heavy atom. The number of unbranched alkanes of at least 4 members (excludes halogenated alkanes) is 1. The number of rotatable bonds is 19. The summed E-state index contributed by atoms with van der Waals surface area (Å²) in [6.07, 6.45) is 2.62. The highest BCUT2D eigenvalue weighted by atomic mass is 16.5. The molecule has 0 unspecified atom stereocenters. The number of nitrogens with zero attached hydrogens (tertiary/aromatic N) is 9. The minimum atomic E-state index is -0.645. The van der Waals surface area contributed by atoms with Crippen LogP contribution in [0.25, 0.3) is 22.1 Å². The second-order valence-electron chi connectivity index (χ2n) is 14.8. The molecule has 19 nitrogen and oxygen atoms in total. The number of methoxy groups -OCH3 is 1. The highest BCUT2D eigenvalue weighted by Crippen LogP contribution is 2.33. The van der Waals surface area contributed by atoms with Crippen molar-refractivity contribution in [2.45, 2.75) is 73.1 Å². The normalized spacial score (nSPS) is 13.2. The van der Waals surface area contributed by atoms with Gasteiger partial charge in [0, 0.05) is 56.9 Å². The molecule has 19 heteroatoms. The smallest absolute Gasteiger partial charge is 0.276 e. The van der Waals surface area contributed by atoms with Crippen LogP contribution in [-0.4, -0.2) is 114 Å². The summed E-state index contributed by atoms with van der Waals surface area (Å²) in [5.74, 6) is -0.0479. The summed E-state index contributed by atoms with van der Waals surface area (Å²) >= 11 is 0. The first-order chi connectivity index (χ1) is 29.5. The molecule has 0 atom stereocenters. The van der Waals surface area contributed by atoms with Crippen molar-refractivity contribution in [3.8, 4) is 11.5 Å². The Morgan fingerprint density at radius 1 is 0.770 bits per heavy atom. The van der Waals surface area contributed by atoms with E-state index in [1.54, 1.807) is 45.8 Å². The maximum Gasteiger partial charge on any atom is 0.276 e. The molecule has 7 rings (SSSR count). The third kappa shape index (κ3) is 9.26. The number of ether oxygens (including phenoxy) is 3. The third-order valence-electron chi connectivity index (χ3n) is 10.6. The second kappa shape index (κ2) is 18.8. The molecule has 3 amide bonds. The molecule has 0 aliphatic carbocycles. The van der Waals surface area contributed by atoms with E-state index in [-0.39, 0.29) is 23.4 Å². The van der Waals surface area contributed by atoms with Crippen LogP contribution in [0, 0.1) is 13.8 Å². The maximum atomic E-state index is 13.8. The summed E-state index contributed by atoms with van der Waals surface area (Å²) in [4.78, 5) is 63.7. The Bertz CT molecular complexity index is 2580. The van der Waals surface area contributed by atoms with Gasteiger partial charge in [-0.3, -0.25) is 44.1 Å². The summed E-state index contributed by atoms with van der Waals surface area (Å²) in [6, 6.07) is 9.94. The number of nitrogens with one attached hydrogen (secondary N) is 2. The lowest BCUT2D eigenvalue weighted by atomic mass is 10.1. The van der Waals surface area contributed by atoms with Crippen molar-refractivity contribution in [3.63, 3.8) is 0 Å². The first-order valence-corrected chi connectivity index (χ1v) is 20.5. The number of hydrogen-bond donors (Lipinski definition) is 3. The monoisotopic (exact) mass is 836 g/mol. The fourth-order valence-corrected chi connectivity index (χ4v) is 7.69. The van der Waals surface area contributed by atoms with Crippen molar-refractivity contribution in [1.82, 2.24) is 43.6 Å². The molecule has 322 valence electrons. The lowest BCUT2D eigenvalue weighted by Crippen LogP contribution is -2.37. The van der Waals surface area contributed by atoms with Crippen LogP contribution in [0.3, 0.4) is 0 Å². The largest absolute Gasteiger partial charge is 0.494 e. The Morgan fingerprint density at radius 2 is 1.33 bits per heavy atom. The molecule has 4 N–H and O–H groups in total. The Kier molecular flexibility index (Phi) is 13.1. The molecule has 6 aromatic rings. The van der Waals surface area contributed by atoms with E-state index in [0.29, 0.717) is 121 Å². The minimum absolute atomic E-state index is 0.210. The first kappa shape index (κ1) is 42.5. The molecule has 1 aliphatic heterocycles. The number of anilines is 2. The van der Waals surface area contributed by atoms with E-state index in [0.717, 1.165) is 32.3 Å². The molecule has 1 saturated heterocycles. The van der Waals surface area contributed by atoms with Gasteiger partial charge in [-0.05, 0) is 83.4 Å². The number of carbonyl (C=O) groups is 4. The molecule has 5 heterocycles. The van der Waals surface area contributed by atoms with E-state index in [1.807, 2.05) is 36.8 Å². The van der Waals surface area contributed by atoms with Crippen LogP contribution in [-0.2, 0) is 30.9 Å². The number of imidazole rings is 2. The van der Waals surface area contributed by atoms with E-state index in [9.17, 15) is 19.2 Å². The number of primary amides is 1. The molecule has 2 aromatic carbocycles. The van der Waals surface area contributed by atoms with Gasteiger partial charge in [0.2, 0.25) is 17.8 Å². The van der Waals surface area contributed by atoms with Crippen LogP contribution in [0.1, 0.15) is 86.2 Å². The second-order valence-corrected chi connectivity index (χ2v) is 14.8. The van der Waals surface area contributed by atoms with Gasteiger partial charge in [0.05, 0.1) is 49.4 Å². The highest BCUT2D eigenvalue weighted by molar-refractivity contribution is 6.05. The van der Waals surface area contributed by atoms with Gasteiger partial charge in [-0.15, -0.1) is 0 Å². The minimum Gasteiger partial charge on any atom is -0.494 e. The number of aldehydes is 1. The number of carbonyl (C=O) groups excluding carboxylic acids is 4. The van der Waals surface area contributed by atoms with Crippen molar-refractivity contribution < 1.29 is 33.4 Å². The third-order valence-corrected chi connectivity index (χ3v) is 10.6. The van der Waals surface area contributed by atoms with Gasteiger partial charge in [0.15, 0.2) is 0 Å². The van der Waals surface area contributed by atoms with Crippen molar-refractivity contribution >= 4 is 58.0 Å². The zero-order valence-electron chi connectivity index (χ0n) is 35.2. The number of fused-ring (bicyclic) bond motifs is 2. The van der Waals surface area contributed by atoms with Crippen molar-refractivity contribution in [3.05, 3.63) is 70.3 Å². The summed E-state index contributed by atoms with van der Waals surface area (Å²) in [7, 11) is 1.49. The zero-order chi connectivity index (χ0) is 43.2. The Balaban J connectivity index is 1.20. The van der Waals surface area contributed by atoms with E-state index in [4.69, 9.17) is 29.9 Å². The Hall–Kier alpha value is -6.60. The number of hydrogen-bond acceptors (Lipinski definition) is 12. The molecule has 61 heavy (non-hydrogen) atoms. The molecular formula is C42H52N12O7. The van der Waals surface area contributed by atoms with Crippen molar-refractivity contribution in [2.24, 2.45) is 5.73 Å². The zero-order valence-corrected chi connectivity index (χ0v) is 35.2. The molecular weight excluding hydrogens is 785 g/mol. The number of amides is 3. The van der Waals surface area contributed by atoms with Crippen LogP contribution < -0.4 is 25.8 Å². The summed E-state index contributed by atoms with van der Waals surface area (Å²) in [5.41, 5.74) is 10.5. The predicted molar refractivity (Wildman–Crippen MR) is 228 cm³/mol. The summed E-state index contributed by atoms with van der Waals surface area (Å²) < 4.78 is 24.6. The van der Waals surface area contributed by atoms with Gasteiger partial charge in [-0.1, -0.05) is 0 Å². The van der Waals surface area contributed by atoms with E-state index in [1.165, 1.54) is 7.11 Å². The maximum absolute atomic E-state index is 13.8. The van der Waals surface area contributed by atoms with Gasteiger partial charge < -0.3 is 29.1 Å². The fraction of sp³-hybridized carbons (Fsp3) is 0.429. The van der Waals surface area contributed by atoms with Crippen LogP contribution in [0.2, 0.25) is 0 Å². The van der Waals surface area contributed by atoms with Gasteiger partial charge in [-0.25, -0.2) is 9.97 Å². The summed E-state index contributed by atoms with van der Waals surface area (Å²) in [6.45, 7) is 13.6. The Labute approximate surface area is 352 Å². The fourth-order valence-electron chi connectivity index (χ4n) is 7.69. The molecule has 0 saturated carbocycles. The van der Waals surface area contributed by atoms with Gasteiger partial charge in [0.1, 0.15) is 40.2 Å². The predicted octanol–water partition coefficient (Wildman–Crippen LogP) is 4.44. The number of benzene rings is 2. The van der Waals surface area contributed by atoms with E-state index < -0.39 is 11.8 Å². The number of morpholine rings is 1. The highest BCUT2D eigenvalue weighted by Gasteiger charge is 2.24. The van der Waals surface area contributed by atoms with Gasteiger partial charge in [0.25, 0.3) is 11.8 Å². The van der Waals surface area contributed by atoms with Crippen LogP contribution in [0.5, 0.6) is 11.5 Å². The molecule has 1 aliphatic rings. The summed E-state index contributed by atoms with van der Waals surface area (Å²) in [5, 5.41) is 14.8. The van der Waals surface area contributed by atoms with Crippen molar-refractivity contribution in [1.29, 1.82) is 0 Å². The number of aromatic nitrogens is 8. The molecule has 0 radical (unpaired) electrons. The first-order valence-electron chi connectivity index (χ1n) is 20.5. The van der Waals surface area contributed by atoms with Crippen molar-refractivity contribution in [2.75, 3.05) is 57.2 Å². The standard InChI is InChI=1S/C42H52N12O7/c1-6-53-32(19-26(3)48-53)39(57)46-41-44-30-21-28(25-55)22-35(61-16-10-11-50-14-17-60-18-15-50)37(30)52(41)13-9-8-12-51-36-31(23-29(38(43)56)24-34(36)59-5)45-42(51)47-40(58)33-20-27(4)49-54(33)7-2/h19-25H,6-18H2,1-5H3,(H2,43,56)(H,44,46,57)(H,45,47,58).